The van der Waals surface area contributed by atoms with Crippen molar-refractivity contribution in [2.75, 3.05) is 18.2 Å². The number of carbonyl (C=O) groups excluding carboxylic acids is 1. The van der Waals surface area contributed by atoms with Crippen LogP contribution in [0.4, 0.5) is 23.2 Å². The summed E-state index contributed by atoms with van der Waals surface area (Å²) < 4.78 is 57.3. The van der Waals surface area contributed by atoms with Gasteiger partial charge in [0.15, 0.2) is 24.0 Å². The van der Waals surface area contributed by atoms with Crippen molar-refractivity contribution in [3.8, 4) is 5.75 Å². The van der Waals surface area contributed by atoms with Gasteiger partial charge >= 0.3 is 0 Å². The summed E-state index contributed by atoms with van der Waals surface area (Å²) in [5.74, 6) is -8.59. The van der Waals surface area contributed by atoms with Gasteiger partial charge in [-0.1, -0.05) is 6.07 Å². The van der Waals surface area contributed by atoms with Crippen molar-refractivity contribution in [3.63, 3.8) is 0 Å². The number of thioether (sulfide) groups is 1. The molecule has 2 aromatic carbocycles. The van der Waals surface area contributed by atoms with E-state index in [0.717, 1.165) is 4.90 Å². The van der Waals surface area contributed by atoms with Gasteiger partial charge in [-0.3, -0.25) is 4.79 Å². The van der Waals surface area contributed by atoms with Crippen LogP contribution in [0.2, 0.25) is 0 Å². The number of halogens is 4. The molecular formula is C15H11F4NO2S. The maximum Gasteiger partial charge on any atom is 0.262 e. The minimum absolute atomic E-state index is 0.0610. The summed E-state index contributed by atoms with van der Waals surface area (Å²) in [7, 11) is 0. The van der Waals surface area contributed by atoms with Crippen molar-refractivity contribution in [2.45, 2.75) is 4.90 Å². The molecule has 0 unspecified atom stereocenters. The molecule has 0 aliphatic heterocycles. The van der Waals surface area contributed by atoms with Crippen LogP contribution >= 0.6 is 11.8 Å². The monoisotopic (exact) mass is 345 g/mol. The van der Waals surface area contributed by atoms with E-state index in [1.54, 1.807) is 18.2 Å². The van der Waals surface area contributed by atoms with Gasteiger partial charge in [0.25, 0.3) is 5.91 Å². The van der Waals surface area contributed by atoms with Gasteiger partial charge in [-0.15, -0.1) is 11.8 Å². The largest absolute Gasteiger partial charge is 0.477 e. The average molecular weight is 345 g/mol. The third-order valence-corrected chi connectivity index (χ3v) is 3.50. The van der Waals surface area contributed by atoms with E-state index in [1.807, 2.05) is 12.3 Å². The van der Waals surface area contributed by atoms with Gasteiger partial charge in [-0.2, -0.15) is 8.78 Å². The number of ether oxygens (including phenoxy) is 1. The second kappa shape index (κ2) is 7.36. The number of amides is 1. The fourth-order valence-corrected chi connectivity index (χ4v) is 2.17. The second-order valence-electron chi connectivity index (χ2n) is 4.37. The molecule has 0 atom stereocenters. The van der Waals surface area contributed by atoms with Crippen LogP contribution in [-0.4, -0.2) is 18.8 Å². The molecule has 0 spiro atoms. The number of benzene rings is 2. The molecule has 0 aromatic heterocycles. The zero-order chi connectivity index (χ0) is 17.0. The predicted molar refractivity (Wildman–Crippen MR) is 78.6 cm³/mol. The molecule has 3 nitrogen and oxygen atoms in total. The molecule has 0 saturated carbocycles. The molecule has 0 aliphatic carbocycles. The minimum atomic E-state index is -1.69. The molecule has 0 radical (unpaired) electrons. The zero-order valence-corrected chi connectivity index (χ0v) is 12.6. The van der Waals surface area contributed by atoms with Crippen LogP contribution in [-0.2, 0) is 4.79 Å². The summed E-state index contributed by atoms with van der Waals surface area (Å²) in [4.78, 5) is 12.6. The molecule has 1 N–H and O–H groups in total. The smallest absolute Gasteiger partial charge is 0.262 e. The predicted octanol–water partition coefficient (Wildman–Crippen LogP) is 3.98. The van der Waals surface area contributed by atoms with E-state index in [9.17, 15) is 22.4 Å². The standard InChI is InChI=1S/C15H11F4NO2S/c1-23-9-4-2-3-8(5-9)20-12(21)7-22-15-13(18)10(16)6-11(17)14(15)19/h2-6H,7H2,1H3,(H,20,21). The normalized spacial score (nSPS) is 10.5. The summed E-state index contributed by atoms with van der Waals surface area (Å²) in [6.07, 6.45) is 1.86. The molecule has 0 aliphatic rings. The van der Waals surface area contributed by atoms with E-state index < -0.39 is 41.5 Å². The average Bonchev–Trinajstić information content (AvgIpc) is 2.53. The van der Waals surface area contributed by atoms with Gasteiger partial charge in [0, 0.05) is 16.6 Å². The SMILES string of the molecule is CSc1cccc(NC(=O)COc2c(F)c(F)cc(F)c2F)c1. The van der Waals surface area contributed by atoms with Crippen LogP contribution in [0.1, 0.15) is 0 Å². The molecule has 0 heterocycles. The van der Waals surface area contributed by atoms with Gasteiger partial charge in [-0.05, 0) is 24.5 Å². The molecule has 0 saturated heterocycles. The van der Waals surface area contributed by atoms with Crippen LogP contribution < -0.4 is 10.1 Å². The van der Waals surface area contributed by atoms with Crippen molar-refractivity contribution in [1.29, 1.82) is 0 Å². The summed E-state index contributed by atoms with van der Waals surface area (Å²) >= 11 is 1.46. The van der Waals surface area contributed by atoms with Crippen molar-refractivity contribution < 1.29 is 27.1 Å². The topological polar surface area (TPSA) is 38.3 Å². The molecule has 23 heavy (non-hydrogen) atoms. The third kappa shape index (κ3) is 4.16. The van der Waals surface area contributed by atoms with Gasteiger partial charge in [0.1, 0.15) is 0 Å². The summed E-state index contributed by atoms with van der Waals surface area (Å²) in [6.45, 7) is -0.805. The Labute approximate surface area is 133 Å². The molecule has 2 aromatic rings. The molecule has 0 fully saturated rings. The Balaban J connectivity index is 2.05. The number of nitrogens with one attached hydrogen (secondary N) is 1. The van der Waals surface area contributed by atoms with Crippen LogP contribution in [0.15, 0.2) is 35.2 Å². The molecule has 8 heteroatoms. The zero-order valence-electron chi connectivity index (χ0n) is 11.8. The Morgan fingerprint density at radius 3 is 2.39 bits per heavy atom. The van der Waals surface area contributed by atoms with E-state index in [0.29, 0.717) is 5.69 Å². The first kappa shape index (κ1) is 17.1. The number of rotatable bonds is 5. The Hall–Kier alpha value is -2.22. The van der Waals surface area contributed by atoms with E-state index in [2.05, 4.69) is 10.1 Å². The van der Waals surface area contributed by atoms with Gasteiger partial charge in [0.2, 0.25) is 11.6 Å². The summed E-state index contributed by atoms with van der Waals surface area (Å²) in [5, 5.41) is 2.45. The van der Waals surface area contributed by atoms with Crippen molar-refractivity contribution in [3.05, 3.63) is 53.6 Å². The van der Waals surface area contributed by atoms with Crippen LogP contribution in [0.25, 0.3) is 0 Å². The van der Waals surface area contributed by atoms with Crippen LogP contribution in [0.3, 0.4) is 0 Å². The lowest BCUT2D eigenvalue weighted by molar-refractivity contribution is -0.118. The lowest BCUT2D eigenvalue weighted by atomic mass is 10.3. The highest BCUT2D eigenvalue weighted by Crippen LogP contribution is 2.26. The van der Waals surface area contributed by atoms with Gasteiger partial charge in [-0.25, -0.2) is 8.78 Å². The number of anilines is 1. The van der Waals surface area contributed by atoms with Crippen molar-refractivity contribution >= 4 is 23.4 Å². The number of hydrogen-bond acceptors (Lipinski definition) is 3. The Morgan fingerprint density at radius 1 is 1.13 bits per heavy atom. The first-order valence-corrected chi connectivity index (χ1v) is 7.54. The highest BCUT2D eigenvalue weighted by molar-refractivity contribution is 7.98. The first-order valence-electron chi connectivity index (χ1n) is 6.32. The van der Waals surface area contributed by atoms with Crippen molar-refractivity contribution in [2.24, 2.45) is 0 Å². The van der Waals surface area contributed by atoms with Crippen LogP contribution in [0, 0.1) is 23.3 Å². The first-order chi connectivity index (χ1) is 10.9. The van der Waals surface area contributed by atoms with E-state index in [-0.39, 0.29) is 6.07 Å². The highest BCUT2D eigenvalue weighted by atomic mass is 32.2. The fourth-order valence-electron chi connectivity index (χ4n) is 1.71. The van der Waals surface area contributed by atoms with E-state index in [4.69, 9.17) is 0 Å². The Kier molecular flexibility index (Phi) is 5.49. The Bertz CT molecular complexity index is 713. The highest BCUT2D eigenvalue weighted by Gasteiger charge is 2.21. The molecule has 122 valence electrons. The fraction of sp³-hybridized carbons (Fsp3) is 0.133. The molecular weight excluding hydrogens is 334 g/mol. The molecule has 1 amide bonds. The summed E-state index contributed by atoms with van der Waals surface area (Å²) in [5.41, 5.74) is 0.455. The van der Waals surface area contributed by atoms with E-state index >= 15 is 0 Å². The maximum absolute atomic E-state index is 13.4. The second-order valence-corrected chi connectivity index (χ2v) is 5.25. The minimum Gasteiger partial charge on any atom is -0.477 e. The molecule has 2 rings (SSSR count). The molecule has 0 bridgehead atoms. The van der Waals surface area contributed by atoms with Crippen molar-refractivity contribution in [1.82, 2.24) is 0 Å². The Morgan fingerprint density at radius 2 is 1.78 bits per heavy atom. The lowest BCUT2D eigenvalue weighted by Crippen LogP contribution is -2.21. The number of hydrogen-bond donors (Lipinski definition) is 1. The van der Waals surface area contributed by atoms with Gasteiger partial charge in [0.05, 0.1) is 0 Å². The number of carbonyl (C=O) groups is 1. The van der Waals surface area contributed by atoms with E-state index in [1.165, 1.54) is 11.8 Å². The van der Waals surface area contributed by atoms with Gasteiger partial charge < -0.3 is 10.1 Å². The lowest BCUT2D eigenvalue weighted by Gasteiger charge is -2.10. The quantitative estimate of drug-likeness (QED) is 0.506. The third-order valence-electron chi connectivity index (χ3n) is 2.77. The van der Waals surface area contributed by atoms with Crippen LogP contribution in [0.5, 0.6) is 5.75 Å². The maximum atomic E-state index is 13.4. The summed E-state index contributed by atoms with van der Waals surface area (Å²) in [6, 6.07) is 6.90.